The summed E-state index contributed by atoms with van der Waals surface area (Å²) in [5.41, 5.74) is 2.50. The quantitative estimate of drug-likeness (QED) is 0.852. The van der Waals surface area contributed by atoms with Gasteiger partial charge in [0.1, 0.15) is 5.82 Å². The summed E-state index contributed by atoms with van der Waals surface area (Å²) >= 11 is 5.97. The second-order valence-corrected chi connectivity index (χ2v) is 5.59. The summed E-state index contributed by atoms with van der Waals surface area (Å²) in [6, 6.07) is 10.6. The average molecular weight is 307 g/mol. The molecule has 0 bridgehead atoms. The smallest absolute Gasteiger partial charge is 0.126 e. The third-order valence-corrected chi connectivity index (χ3v) is 3.57. The van der Waals surface area contributed by atoms with E-state index in [1.54, 1.807) is 12.1 Å². The van der Waals surface area contributed by atoms with Crippen molar-refractivity contribution in [2.45, 2.75) is 32.7 Å². The van der Waals surface area contributed by atoms with Gasteiger partial charge < -0.3 is 5.32 Å². The summed E-state index contributed by atoms with van der Waals surface area (Å²) in [6.07, 6.45) is 1.54. The first kappa shape index (κ1) is 15.9. The first-order chi connectivity index (χ1) is 10.1. The van der Waals surface area contributed by atoms with E-state index in [9.17, 15) is 4.39 Å². The monoisotopic (exact) mass is 306 g/mol. The fraction of sp³-hybridized carbons (Fsp3) is 0.353. The van der Waals surface area contributed by atoms with Gasteiger partial charge in [0.2, 0.25) is 0 Å². The topological polar surface area (TPSA) is 24.9 Å². The van der Waals surface area contributed by atoms with Crippen LogP contribution in [0.25, 0.3) is 0 Å². The lowest BCUT2D eigenvalue weighted by Gasteiger charge is -2.19. The van der Waals surface area contributed by atoms with Gasteiger partial charge in [-0.05, 0) is 62.2 Å². The van der Waals surface area contributed by atoms with Crippen LogP contribution in [0.3, 0.4) is 0 Å². The molecule has 2 aromatic rings. The molecule has 0 aliphatic heterocycles. The lowest BCUT2D eigenvalue weighted by Crippen LogP contribution is -2.25. The highest BCUT2D eigenvalue weighted by atomic mass is 35.5. The molecule has 0 aliphatic carbocycles. The van der Waals surface area contributed by atoms with Crippen molar-refractivity contribution < 1.29 is 4.39 Å². The van der Waals surface area contributed by atoms with E-state index in [1.165, 1.54) is 6.07 Å². The van der Waals surface area contributed by atoms with Crippen LogP contribution in [0, 0.1) is 12.7 Å². The molecule has 0 fully saturated rings. The van der Waals surface area contributed by atoms with E-state index < -0.39 is 0 Å². The van der Waals surface area contributed by atoms with Crippen molar-refractivity contribution in [2.75, 3.05) is 6.54 Å². The molecular formula is C17H20ClFN2. The Kier molecular flexibility index (Phi) is 5.71. The van der Waals surface area contributed by atoms with Gasteiger partial charge in [0.05, 0.1) is 11.7 Å². The van der Waals surface area contributed by atoms with Gasteiger partial charge in [-0.15, -0.1) is 0 Å². The third kappa shape index (κ3) is 4.51. The summed E-state index contributed by atoms with van der Waals surface area (Å²) in [7, 11) is 0. The molecule has 2 nitrogen and oxygen atoms in total. The Morgan fingerprint density at radius 3 is 2.81 bits per heavy atom. The van der Waals surface area contributed by atoms with Gasteiger partial charge in [0, 0.05) is 10.7 Å². The second kappa shape index (κ2) is 7.53. The maximum Gasteiger partial charge on any atom is 0.126 e. The Morgan fingerprint density at radius 2 is 2.10 bits per heavy atom. The molecular weight excluding hydrogens is 287 g/mol. The number of hydrogen-bond acceptors (Lipinski definition) is 2. The Hall–Kier alpha value is -1.45. The predicted molar refractivity (Wildman–Crippen MR) is 85.1 cm³/mol. The van der Waals surface area contributed by atoms with E-state index in [1.807, 2.05) is 25.1 Å². The highest BCUT2D eigenvalue weighted by Crippen LogP contribution is 2.22. The molecule has 0 saturated heterocycles. The molecule has 4 heteroatoms. The number of halogens is 2. The van der Waals surface area contributed by atoms with Gasteiger partial charge in [0.15, 0.2) is 0 Å². The van der Waals surface area contributed by atoms with E-state index in [4.69, 9.17) is 11.6 Å². The first-order valence-corrected chi connectivity index (χ1v) is 7.59. The van der Waals surface area contributed by atoms with Gasteiger partial charge in [0.25, 0.3) is 0 Å². The van der Waals surface area contributed by atoms with Gasteiger partial charge in [-0.1, -0.05) is 24.6 Å². The number of aryl methyl sites for hydroxylation is 1. The normalized spacial score (nSPS) is 12.4. The largest absolute Gasteiger partial charge is 0.308 e. The first-order valence-electron chi connectivity index (χ1n) is 7.21. The molecule has 1 aromatic carbocycles. The second-order valence-electron chi connectivity index (χ2n) is 5.15. The Bertz CT molecular complexity index is 601. The van der Waals surface area contributed by atoms with Gasteiger partial charge >= 0.3 is 0 Å². The van der Waals surface area contributed by atoms with Crippen molar-refractivity contribution in [3.63, 3.8) is 0 Å². The van der Waals surface area contributed by atoms with Crippen LogP contribution in [0.2, 0.25) is 5.02 Å². The maximum atomic E-state index is 13.9. The summed E-state index contributed by atoms with van der Waals surface area (Å²) in [4.78, 5) is 4.56. The zero-order valence-electron chi connectivity index (χ0n) is 12.4. The maximum absolute atomic E-state index is 13.9. The zero-order chi connectivity index (χ0) is 15.2. The molecule has 1 aromatic heterocycles. The van der Waals surface area contributed by atoms with Crippen LogP contribution in [0.4, 0.5) is 4.39 Å². The summed E-state index contributed by atoms with van der Waals surface area (Å²) < 4.78 is 13.9. The lowest BCUT2D eigenvalue weighted by molar-refractivity contribution is 0.503. The molecule has 112 valence electrons. The predicted octanol–water partition coefficient (Wildman–Crippen LogP) is 4.47. The summed E-state index contributed by atoms with van der Waals surface area (Å²) in [6.45, 7) is 4.93. The number of benzene rings is 1. The van der Waals surface area contributed by atoms with Crippen LogP contribution >= 0.6 is 11.6 Å². The number of aromatic nitrogens is 1. The van der Waals surface area contributed by atoms with Crippen molar-refractivity contribution in [3.05, 3.63) is 64.2 Å². The molecule has 0 amide bonds. The highest BCUT2D eigenvalue weighted by molar-refractivity contribution is 6.30. The van der Waals surface area contributed by atoms with Crippen LogP contribution in [-0.2, 0) is 6.42 Å². The number of nitrogens with one attached hydrogen (secondary N) is 1. The molecule has 0 aliphatic rings. The molecule has 0 saturated carbocycles. The van der Waals surface area contributed by atoms with Crippen molar-refractivity contribution in [3.8, 4) is 0 Å². The Balaban J connectivity index is 2.25. The van der Waals surface area contributed by atoms with Crippen LogP contribution in [0.1, 0.15) is 36.3 Å². The standard InChI is InChI=1S/C17H20ClFN2/c1-3-9-20-17(16-6-4-5-12(2)21-16)11-13-10-14(18)7-8-15(13)19/h4-8,10,17,20H,3,9,11H2,1-2H3. The minimum Gasteiger partial charge on any atom is -0.308 e. The highest BCUT2D eigenvalue weighted by Gasteiger charge is 2.15. The van der Waals surface area contributed by atoms with Crippen LogP contribution in [0.15, 0.2) is 36.4 Å². The lowest BCUT2D eigenvalue weighted by atomic mass is 10.0. The van der Waals surface area contributed by atoms with Crippen LogP contribution in [-0.4, -0.2) is 11.5 Å². The number of rotatable bonds is 6. The fourth-order valence-electron chi connectivity index (χ4n) is 2.28. The zero-order valence-corrected chi connectivity index (χ0v) is 13.1. The van der Waals surface area contributed by atoms with Crippen molar-refractivity contribution >= 4 is 11.6 Å². The molecule has 1 atom stereocenters. The number of nitrogens with zero attached hydrogens (tertiary/aromatic N) is 1. The van der Waals surface area contributed by atoms with Gasteiger partial charge in [-0.2, -0.15) is 0 Å². The van der Waals surface area contributed by atoms with Gasteiger partial charge in [-0.25, -0.2) is 4.39 Å². The molecule has 0 radical (unpaired) electrons. The van der Waals surface area contributed by atoms with Crippen molar-refractivity contribution in [1.29, 1.82) is 0 Å². The molecule has 21 heavy (non-hydrogen) atoms. The molecule has 0 spiro atoms. The fourth-order valence-corrected chi connectivity index (χ4v) is 2.47. The average Bonchev–Trinajstić information content (AvgIpc) is 2.47. The van der Waals surface area contributed by atoms with Crippen molar-refractivity contribution in [1.82, 2.24) is 10.3 Å². The molecule has 2 rings (SSSR count). The summed E-state index contributed by atoms with van der Waals surface area (Å²) in [5, 5.41) is 3.99. The SMILES string of the molecule is CCCNC(Cc1cc(Cl)ccc1F)c1cccc(C)n1. The number of pyridine rings is 1. The van der Waals surface area contributed by atoms with Gasteiger partial charge in [-0.3, -0.25) is 4.98 Å². The van der Waals surface area contributed by atoms with Crippen molar-refractivity contribution in [2.24, 2.45) is 0 Å². The number of hydrogen-bond donors (Lipinski definition) is 1. The van der Waals surface area contributed by atoms with E-state index in [2.05, 4.69) is 17.2 Å². The Morgan fingerprint density at radius 1 is 1.29 bits per heavy atom. The van der Waals surface area contributed by atoms with Crippen LogP contribution < -0.4 is 5.32 Å². The van der Waals surface area contributed by atoms with Crippen LogP contribution in [0.5, 0.6) is 0 Å². The molecule has 1 unspecified atom stereocenters. The molecule has 1 heterocycles. The van der Waals surface area contributed by atoms with E-state index >= 15 is 0 Å². The third-order valence-electron chi connectivity index (χ3n) is 3.34. The van der Waals surface area contributed by atoms with E-state index in [-0.39, 0.29) is 11.9 Å². The van der Waals surface area contributed by atoms with E-state index in [0.717, 1.165) is 24.4 Å². The minimum atomic E-state index is -0.227. The van der Waals surface area contributed by atoms with E-state index in [0.29, 0.717) is 17.0 Å². The minimum absolute atomic E-state index is 0.0159. The Labute approximate surface area is 130 Å². The summed E-state index contributed by atoms with van der Waals surface area (Å²) in [5.74, 6) is -0.227. The molecule has 1 N–H and O–H groups in total.